The molecule has 0 bridgehead atoms. The van der Waals surface area contributed by atoms with Crippen LogP contribution in [0.15, 0.2) is 72.8 Å². The molecule has 3 aromatic carbocycles. The van der Waals surface area contributed by atoms with Crippen LogP contribution in [0.3, 0.4) is 0 Å². The Kier molecular flexibility index (Phi) is 7.05. The molecule has 0 atom stereocenters. The van der Waals surface area contributed by atoms with Gasteiger partial charge in [0.25, 0.3) is 11.8 Å². The second-order valence-corrected chi connectivity index (χ2v) is 6.79. The number of carbonyl (C=O) groups is 2. The van der Waals surface area contributed by atoms with E-state index in [0.717, 1.165) is 11.1 Å². The number of hydrogen-bond acceptors (Lipinski definition) is 4. The molecule has 0 saturated carbocycles. The lowest BCUT2D eigenvalue weighted by Crippen LogP contribution is -2.21. The van der Waals surface area contributed by atoms with Gasteiger partial charge in [-0.25, -0.2) is 0 Å². The summed E-state index contributed by atoms with van der Waals surface area (Å²) in [5, 5.41) is 5.53. The first-order valence-electron chi connectivity index (χ1n) is 9.58. The molecule has 2 amide bonds. The highest BCUT2D eigenvalue weighted by Crippen LogP contribution is 2.18. The lowest BCUT2D eigenvalue weighted by Gasteiger charge is -2.11. The van der Waals surface area contributed by atoms with Gasteiger partial charge in [0.2, 0.25) is 0 Å². The van der Waals surface area contributed by atoms with Crippen LogP contribution < -0.4 is 20.1 Å². The topological polar surface area (TPSA) is 76.7 Å². The minimum Gasteiger partial charge on any atom is -0.483 e. The lowest BCUT2D eigenvalue weighted by atomic mass is 10.2. The van der Waals surface area contributed by atoms with Crippen LogP contribution in [0.5, 0.6) is 11.5 Å². The third kappa shape index (κ3) is 6.10. The van der Waals surface area contributed by atoms with E-state index in [1.54, 1.807) is 24.3 Å². The molecule has 0 aliphatic heterocycles. The Morgan fingerprint density at radius 2 is 1.10 bits per heavy atom. The van der Waals surface area contributed by atoms with Crippen molar-refractivity contribution < 1.29 is 19.1 Å². The summed E-state index contributed by atoms with van der Waals surface area (Å²) in [6.07, 6.45) is 0. The molecule has 3 aromatic rings. The number of aryl methyl sites for hydroxylation is 2. The number of anilines is 2. The first-order chi connectivity index (χ1) is 14.5. The van der Waals surface area contributed by atoms with Crippen molar-refractivity contribution in [2.45, 2.75) is 13.8 Å². The van der Waals surface area contributed by atoms with Crippen LogP contribution in [-0.4, -0.2) is 25.0 Å². The highest BCUT2D eigenvalue weighted by molar-refractivity contribution is 5.95. The number of nitrogens with one attached hydrogen (secondary N) is 2. The van der Waals surface area contributed by atoms with Gasteiger partial charge in [-0.3, -0.25) is 9.59 Å². The van der Waals surface area contributed by atoms with Crippen molar-refractivity contribution in [1.29, 1.82) is 0 Å². The Labute approximate surface area is 175 Å². The summed E-state index contributed by atoms with van der Waals surface area (Å²) in [6, 6.07) is 21.9. The third-order valence-corrected chi connectivity index (χ3v) is 4.33. The number of benzene rings is 3. The molecule has 0 saturated heterocycles. The normalized spacial score (nSPS) is 10.2. The number of hydrogen-bond donors (Lipinski definition) is 2. The van der Waals surface area contributed by atoms with Crippen molar-refractivity contribution in [3.63, 3.8) is 0 Å². The Balaban J connectivity index is 1.50. The summed E-state index contributed by atoms with van der Waals surface area (Å²) in [6.45, 7) is 3.63. The van der Waals surface area contributed by atoms with Gasteiger partial charge in [0.15, 0.2) is 13.2 Å². The molecule has 0 fully saturated rings. The quantitative estimate of drug-likeness (QED) is 0.586. The molecular weight excluding hydrogens is 380 g/mol. The van der Waals surface area contributed by atoms with Crippen LogP contribution in [0.25, 0.3) is 0 Å². The van der Waals surface area contributed by atoms with Gasteiger partial charge in [-0.05, 0) is 55.3 Å². The van der Waals surface area contributed by atoms with Gasteiger partial charge < -0.3 is 20.1 Å². The standard InChI is InChI=1S/C24H24N2O4/c1-17-8-3-5-12-21(17)29-15-23(27)25-19-10-7-11-20(14-19)26-24(28)16-30-22-13-6-4-9-18(22)2/h3-14H,15-16H2,1-2H3,(H,25,27)(H,26,28). The van der Waals surface area contributed by atoms with E-state index >= 15 is 0 Å². The molecule has 0 aliphatic carbocycles. The molecule has 0 radical (unpaired) electrons. The van der Waals surface area contributed by atoms with Crippen molar-refractivity contribution in [3.05, 3.63) is 83.9 Å². The maximum atomic E-state index is 12.2. The van der Waals surface area contributed by atoms with Crippen molar-refractivity contribution in [3.8, 4) is 11.5 Å². The molecule has 30 heavy (non-hydrogen) atoms. The minimum atomic E-state index is -0.287. The van der Waals surface area contributed by atoms with E-state index in [4.69, 9.17) is 9.47 Å². The summed E-state index contributed by atoms with van der Waals surface area (Å²) >= 11 is 0. The largest absolute Gasteiger partial charge is 0.483 e. The molecule has 2 N–H and O–H groups in total. The van der Waals surface area contributed by atoms with Crippen LogP contribution in [-0.2, 0) is 9.59 Å². The monoisotopic (exact) mass is 404 g/mol. The lowest BCUT2D eigenvalue weighted by molar-refractivity contribution is -0.118. The molecule has 0 aliphatic rings. The van der Waals surface area contributed by atoms with E-state index in [-0.39, 0.29) is 25.0 Å². The zero-order chi connectivity index (χ0) is 21.3. The zero-order valence-corrected chi connectivity index (χ0v) is 17.0. The Hall–Kier alpha value is -3.80. The highest BCUT2D eigenvalue weighted by Gasteiger charge is 2.08. The molecule has 0 heterocycles. The number of rotatable bonds is 8. The molecular formula is C24H24N2O4. The van der Waals surface area contributed by atoms with E-state index in [1.165, 1.54) is 0 Å². The van der Waals surface area contributed by atoms with Crippen LogP contribution in [0, 0.1) is 13.8 Å². The average molecular weight is 404 g/mol. The molecule has 0 aromatic heterocycles. The summed E-state index contributed by atoms with van der Waals surface area (Å²) in [5.41, 5.74) is 3.04. The highest BCUT2D eigenvalue weighted by atomic mass is 16.5. The van der Waals surface area contributed by atoms with Gasteiger partial charge in [-0.15, -0.1) is 0 Å². The Morgan fingerprint density at radius 1 is 0.667 bits per heavy atom. The van der Waals surface area contributed by atoms with Gasteiger partial charge in [0, 0.05) is 11.4 Å². The van der Waals surface area contributed by atoms with Crippen molar-refractivity contribution in [1.82, 2.24) is 0 Å². The van der Waals surface area contributed by atoms with Gasteiger partial charge in [-0.2, -0.15) is 0 Å². The number of carbonyl (C=O) groups excluding carboxylic acids is 2. The Morgan fingerprint density at radius 3 is 1.53 bits per heavy atom. The number of para-hydroxylation sites is 2. The minimum absolute atomic E-state index is 0.105. The molecule has 154 valence electrons. The van der Waals surface area contributed by atoms with Crippen molar-refractivity contribution in [2.24, 2.45) is 0 Å². The number of amides is 2. The van der Waals surface area contributed by atoms with Crippen LogP contribution in [0.1, 0.15) is 11.1 Å². The fourth-order valence-electron chi connectivity index (χ4n) is 2.79. The predicted molar refractivity (Wildman–Crippen MR) is 117 cm³/mol. The molecule has 6 nitrogen and oxygen atoms in total. The van der Waals surface area contributed by atoms with E-state index in [9.17, 15) is 9.59 Å². The average Bonchev–Trinajstić information content (AvgIpc) is 2.73. The van der Waals surface area contributed by atoms with Crippen molar-refractivity contribution >= 4 is 23.2 Å². The van der Waals surface area contributed by atoms with Gasteiger partial charge >= 0.3 is 0 Å². The van der Waals surface area contributed by atoms with E-state index in [2.05, 4.69) is 10.6 Å². The van der Waals surface area contributed by atoms with Gasteiger partial charge in [0.05, 0.1) is 0 Å². The first-order valence-corrected chi connectivity index (χ1v) is 9.58. The molecule has 0 spiro atoms. The molecule has 3 rings (SSSR count). The maximum absolute atomic E-state index is 12.2. The van der Waals surface area contributed by atoms with Crippen LogP contribution >= 0.6 is 0 Å². The van der Waals surface area contributed by atoms with E-state index < -0.39 is 0 Å². The predicted octanol–water partition coefficient (Wildman–Crippen LogP) is 4.34. The van der Waals surface area contributed by atoms with Crippen molar-refractivity contribution in [2.75, 3.05) is 23.8 Å². The summed E-state index contributed by atoms with van der Waals surface area (Å²) < 4.78 is 11.1. The second kappa shape index (κ2) is 10.1. The van der Waals surface area contributed by atoms with Gasteiger partial charge in [-0.1, -0.05) is 42.5 Å². The maximum Gasteiger partial charge on any atom is 0.262 e. The summed E-state index contributed by atoms with van der Waals surface area (Å²) in [4.78, 5) is 24.4. The smallest absolute Gasteiger partial charge is 0.262 e. The van der Waals surface area contributed by atoms with Crippen LogP contribution in [0.2, 0.25) is 0 Å². The van der Waals surface area contributed by atoms with E-state index in [0.29, 0.717) is 22.9 Å². The fourth-order valence-corrected chi connectivity index (χ4v) is 2.79. The summed E-state index contributed by atoms with van der Waals surface area (Å²) in [7, 11) is 0. The van der Waals surface area contributed by atoms with E-state index in [1.807, 2.05) is 62.4 Å². The van der Waals surface area contributed by atoms with Gasteiger partial charge in [0.1, 0.15) is 11.5 Å². The zero-order valence-electron chi connectivity index (χ0n) is 17.0. The fraction of sp³-hybridized carbons (Fsp3) is 0.167. The summed E-state index contributed by atoms with van der Waals surface area (Å²) in [5.74, 6) is 0.763. The first kappa shape index (κ1) is 20.9. The third-order valence-electron chi connectivity index (χ3n) is 4.33. The molecule has 0 unspecified atom stereocenters. The Bertz CT molecular complexity index is 954. The van der Waals surface area contributed by atoms with Crippen LogP contribution in [0.4, 0.5) is 11.4 Å². The SMILES string of the molecule is Cc1ccccc1OCC(=O)Nc1cccc(NC(=O)COc2ccccc2C)c1. The number of ether oxygens (including phenoxy) is 2. The second-order valence-electron chi connectivity index (χ2n) is 6.79. The molecule has 6 heteroatoms.